The summed E-state index contributed by atoms with van der Waals surface area (Å²) in [7, 11) is 1.57. The summed E-state index contributed by atoms with van der Waals surface area (Å²) in [6.45, 7) is 0. The predicted octanol–water partition coefficient (Wildman–Crippen LogP) is 4.74. The Morgan fingerprint density at radius 2 is 1.59 bits per heavy atom. The second-order valence-corrected chi connectivity index (χ2v) is 6.14. The normalized spacial score (nSPS) is 10.5. The molecule has 1 N–H and O–H groups in total. The monoisotopic (exact) mass is 352 g/mol. The number of benzene rings is 3. The Hall–Kier alpha value is -3.84. The molecule has 4 rings (SSSR count). The Kier molecular flexibility index (Phi) is 4.19. The van der Waals surface area contributed by atoms with Crippen molar-refractivity contribution in [3.8, 4) is 34.2 Å². The average Bonchev–Trinajstić information content (AvgIpc) is 2.72. The van der Waals surface area contributed by atoms with Gasteiger partial charge in [0, 0.05) is 22.4 Å². The van der Waals surface area contributed by atoms with Gasteiger partial charge in [-0.25, -0.2) is 0 Å². The van der Waals surface area contributed by atoms with Gasteiger partial charge >= 0.3 is 0 Å². The minimum Gasteiger partial charge on any atom is -0.496 e. The van der Waals surface area contributed by atoms with Crippen LogP contribution >= 0.6 is 0 Å². The number of rotatable bonds is 3. The fraction of sp³-hybridized carbons (Fsp3) is 0.0435. The van der Waals surface area contributed by atoms with Crippen LogP contribution in [0.25, 0.3) is 33.2 Å². The van der Waals surface area contributed by atoms with Gasteiger partial charge in [-0.2, -0.15) is 5.26 Å². The first kappa shape index (κ1) is 16.6. The number of hydrogen-bond donors (Lipinski definition) is 1. The van der Waals surface area contributed by atoms with E-state index < -0.39 is 5.56 Å². The zero-order valence-corrected chi connectivity index (χ0v) is 14.7. The van der Waals surface area contributed by atoms with Gasteiger partial charge in [0.15, 0.2) is 0 Å². The van der Waals surface area contributed by atoms with Crippen LogP contribution in [0.15, 0.2) is 77.6 Å². The molecule has 4 heteroatoms. The van der Waals surface area contributed by atoms with Crippen LogP contribution < -0.4 is 10.3 Å². The van der Waals surface area contributed by atoms with E-state index in [2.05, 4.69) is 4.98 Å². The lowest BCUT2D eigenvalue weighted by atomic mass is 9.96. The van der Waals surface area contributed by atoms with Crippen molar-refractivity contribution in [2.24, 2.45) is 0 Å². The first-order valence-corrected chi connectivity index (χ1v) is 8.52. The van der Waals surface area contributed by atoms with E-state index in [1.807, 2.05) is 78.9 Å². The quantitative estimate of drug-likeness (QED) is 0.579. The predicted molar refractivity (Wildman–Crippen MR) is 107 cm³/mol. The van der Waals surface area contributed by atoms with Crippen molar-refractivity contribution in [1.29, 1.82) is 5.26 Å². The van der Waals surface area contributed by atoms with Crippen LogP contribution in [0, 0.1) is 11.3 Å². The number of aromatic amines is 1. The van der Waals surface area contributed by atoms with E-state index in [-0.39, 0.29) is 5.56 Å². The van der Waals surface area contributed by atoms with Gasteiger partial charge in [-0.05, 0) is 22.9 Å². The fourth-order valence-electron chi connectivity index (χ4n) is 3.36. The summed E-state index contributed by atoms with van der Waals surface area (Å²) in [5, 5.41) is 11.7. The van der Waals surface area contributed by atoms with Gasteiger partial charge in [0.2, 0.25) is 0 Å². The van der Waals surface area contributed by atoms with Crippen molar-refractivity contribution in [2.75, 3.05) is 7.11 Å². The van der Waals surface area contributed by atoms with Crippen LogP contribution in [-0.2, 0) is 0 Å². The van der Waals surface area contributed by atoms with Crippen molar-refractivity contribution >= 4 is 10.8 Å². The number of methoxy groups -OCH3 is 1. The van der Waals surface area contributed by atoms with Crippen LogP contribution in [0.3, 0.4) is 0 Å². The highest BCUT2D eigenvalue weighted by Crippen LogP contribution is 2.34. The summed E-state index contributed by atoms with van der Waals surface area (Å²) in [5.41, 5.74) is 2.50. The molecule has 0 spiro atoms. The zero-order chi connectivity index (χ0) is 18.8. The molecule has 1 aromatic heterocycles. The van der Waals surface area contributed by atoms with Crippen molar-refractivity contribution < 1.29 is 4.74 Å². The van der Waals surface area contributed by atoms with Crippen molar-refractivity contribution in [1.82, 2.24) is 4.98 Å². The molecule has 0 aliphatic rings. The van der Waals surface area contributed by atoms with E-state index in [0.29, 0.717) is 22.6 Å². The molecule has 0 amide bonds. The van der Waals surface area contributed by atoms with Crippen molar-refractivity contribution in [3.05, 3.63) is 88.7 Å². The van der Waals surface area contributed by atoms with Crippen LogP contribution in [0.5, 0.6) is 5.75 Å². The van der Waals surface area contributed by atoms with E-state index in [1.54, 1.807) is 7.11 Å². The van der Waals surface area contributed by atoms with E-state index in [9.17, 15) is 10.1 Å². The molecule has 130 valence electrons. The number of pyridine rings is 1. The van der Waals surface area contributed by atoms with Gasteiger partial charge in [0.1, 0.15) is 17.4 Å². The fourth-order valence-corrected chi connectivity index (χ4v) is 3.36. The van der Waals surface area contributed by atoms with Crippen LogP contribution in [-0.4, -0.2) is 12.1 Å². The standard InChI is InChI=1S/C23H16N2O2/c1-27-22-12-5-4-10-18(22)19-13-21(25-23(26)20(19)14-24)17-11-6-8-15-7-2-3-9-16(15)17/h2-13H,1H3,(H,25,26). The number of para-hydroxylation sites is 1. The molecule has 4 aromatic rings. The summed E-state index contributed by atoms with van der Waals surface area (Å²) >= 11 is 0. The molecule has 0 unspecified atom stereocenters. The summed E-state index contributed by atoms with van der Waals surface area (Å²) in [5.74, 6) is 0.614. The van der Waals surface area contributed by atoms with Crippen LogP contribution in [0.2, 0.25) is 0 Å². The minimum atomic E-state index is -0.413. The minimum absolute atomic E-state index is 0.0727. The largest absolute Gasteiger partial charge is 0.496 e. The molecular formula is C23H16N2O2. The number of fused-ring (bicyclic) bond motifs is 1. The van der Waals surface area contributed by atoms with Gasteiger partial charge in [0.05, 0.1) is 7.11 Å². The van der Waals surface area contributed by atoms with Crippen LogP contribution in [0.1, 0.15) is 5.56 Å². The second kappa shape index (κ2) is 6.81. The lowest BCUT2D eigenvalue weighted by Gasteiger charge is -2.12. The molecule has 0 saturated carbocycles. The number of ether oxygens (including phenoxy) is 1. The Morgan fingerprint density at radius 3 is 2.41 bits per heavy atom. The zero-order valence-electron chi connectivity index (χ0n) is 14.7. The maximum absolute atomic E-state index is 12.7. The number of hydrogen-bond acceptors (Lipinski definition) is 3. The van der Waals surface area contributed by atoms with Crippen molar-refractivity contribution in [3.63, 3.8) is 0 Å². The summed E-state index contributed by atoms with van der Waals surface area (Å²) < 4.78 is 5.43. The van der Waals surface area contributed by atoms with E-state index in [0.717, 1.165) is 16.3 Å². The molecule has 0 fully saturated rings. The molecule has 0 saturated heterocycles. The lowest BCUT2D eigenvalue weighted by molar-refractivity contribution is 0.416. The van der Waals surface area contributed by atoms with Gasteiger partial charge in [-0.15, -0.1) is 0 Å². The number of aromatic nitrogens is 1. The molecule has 27 heavy (non-hydrogen) atoms. The molecular weight excluding hydrogens is 336 g/mol. The number of nitriles is 1. The number of H-pyrrole nitrogens is 1. The maximum atomic E-state index is 12.7. The molecule has 0 aliphatic heterocycles. The highest BCUT2D eigenvalue weighted by molar-refractivity contribution is 5.96. The Balaban J connectivity index is 2.04. The number of nitrogens with one attached hydrogen (secondary N) is 1. The lowest BCUT2D eigenvalue weighted by Crippen LogP contribution is -2.13. The topological polar surface area (TPSA) is 65.9 Å². The first-order valence-electron chi connectivity index (χ1n) is 8.52. The Morgan fingerprint density at radius 1 is 0.889 bits per heavy atom. The third kappa shape index (κ3) is 2.86. The van der Waals surface area contributed by atoms with Gasteiger partial charge in [0.25, 0.3) is 5.56 Å². The molecule has 3 aromatic carbocycles. The smallest absolute Gasteiger partial charge is 0.266 e. The number of nitrogens with zero attached hydrogens (tertiary/aromatic N) is 1. The van der Waals surface area contributed by atoms with Crippen molar-refractivity contribution in [2.45, 2.75) is 0 Å². The first-order chi connectivity index (χ1) is 13.2. The summed E-state index contributed by atoms with van der Waals surface area (Å²) in [6.07, 6.45) is 0. The third-order valence-electron chi connectivity index (χ3n) is 4.62. The van der Waals surface area contributed by atoms with E-state index in [4.69, 9.17) is 4.74 Å². The van der Waals surface area contributed by atoms with E-state index in [1.165, 1.54) is 0 Å². The Labute approximate surface area is 156 Å². The van der Waals surface area contributed by atoms with Gasteiger partial charge in [-0.3, -0.25) is 4.79 Å². The third-order valence-corrected chi connectivity index (χ3v) is 4.62. The van der Waals surface area contributed by atoms with Gasteiger partial charge < -0.3 is 9.72 Å². The highest BCUT2D eigenvalue weighted by Gasteiger charge is 2.16. The van der Waals surface area contributed by atoms with Crippen LogP contribution in [0.4, 0.5) is 0 Å². The average molecular weight is 352 g/mol. The summed E-state index contributed by atoms with van der Waals surface area (Å²) in [4.78, 5) is 15.5. The van der Waals surface area contributed by atoms with Gasteiger partial charge in [-0.1, -0.05) is 60.7 Å². The summed E-state index contributed by atoms with van der Waals surface area (Å²) in [6, 6.07) is 25.2. The molecule has 4 nitrogen and oxygen atoms in total. The second-order valence-electron chi connectivity index (χ2n) is 6.14. The molecule has 0 aliphatic carbocycles. The molecule has 0 atom stereocenters. The Bertz CT molecular complexity index is 1240. The van der Waals surface area contributed by atoms with E-state index >= 15 is 0 Å². The molecule has 0 bridgehead atoms. The maximum Gasteiger partial charge on any atom is 0.266 e. The molecule has 0 radical (unpaired) electrons. The highest BCUT2D eigenvalue weighted by atomic mass is 16.5. The molecule has 1 heterocycles. The SMILES string of the molecule is COc1ccccc1-c1cc(-c2cccc3ccccc23)[nH]c(=O)c1C#N.